The number of piperazine rings is 1. The van der Waals surface area contributed by atoms with Crippen molar-refractivity contribution in [2.45, 2.75) is 6.42 Å². The smallest absolute Gasteiger partial charge is 0.253 e. The fraction of sp³-hybridized carbons (Fsp3) is 0.345. The number of benzene rings is 3. The van der Waals surface area contributed by atoms with Gasteiger partial charge >= 0.3 is 0 Å². The zero-order valence-electron chi connectivity index (χ0n) is 19.7. The Hall–Kier alpha value is -3.15. The molecule has 0 spiro atoms. The molecule has 2 heterocycles. The molecule has 2 aliphatic rings. The van der Waals surface area contributed by atoms with Crippen LogP contribution in [0.4, 0.5) is 5.69 Å². The zero-order chi connectivity index (χ0) is 23.2. The topological polar surface area (TPSA) is 36.0 Å². The van der Waals surface area contributed by atoms with Crippen LogP contribution in [0.25, 0.3) is 11.1 Å². The van der Waals surface area contributed by atoms with Gasteiger partial charge in [-0.3, -0.25) is 9.69 Å². The summed E-state index contributed by atoms with van der Waals surface area (Å²) in [5, 5.41) is 0. The fourth-order valence-corrected chi connectivity index (χ4v) is 4.90. The minimum atomic E-state index is 0.128. The van der Waals surface area contributed by atoms with Crippen molar-refractivity contribution >= 4 is 11.6 Å². The van der Waals surface area contributed by atoms with Crippen LogP contribution in [-0.2, 0) is 11.2 Å². The van der Waals surface area contributed by atoms with E-state index in [9.17, 15) is 4.79 Å². The lowest BCUT2D eigenvalue weighted by atomic mass is 9.96. The molecule has 0 atom stereocenters. The molecule has 34 heavy (non-hydrogen) atoms. The molecule has 2 aliphatic heterocycles. The molecule has 2 fully saturated rings. The molecule has 5 nitrogen and oxygen atoms in total. The minimum Gasteiger partial charge on any atom is -0.379 e. The van der Waals surface area contributed by atoms with E-state index in [-0.39, 0.29) is 5.91 Å². The maximum Gasteiger partial charge on any atom is 0.253 e. The standard InChI is InChI=1S/C29H33N3O2/c33-29(26-9-5-2-6-10-26)32-17-15-31(16-18-32)27-12-11-25(13-14-30-19-21-34-22-20-30)28(23-27)24-7-3-1-4-8-24/h1-12,23H,13-22H2. The lowest BCUT2D eigenvalue weighted by Crippen LogP contribution is -2.48. The molecule has 3 aromatic carbocycles. The fourth-order valence-electron chi connectivity index (χ4n) is 4.90. The van der Waals surface area contributed by atoms with Crippen LogP contribution < -0.4 is 4.90 Å². The van der Waals surface area contributed by atoms with Gasteiger partial charge in [-0.15, -0.1) is 0 Å². The molecule has 0 unspecified atom stereocenters. The van der Waals surface area contributed by atoms with E-state index in [1.807, 2.05) is 35.2 Å². The van der Waals surface area contributed by atoms with Crippen molar-refractivity contribution < 1.29 is 9.53 Å². The number of carbonyl (C=O) groups is 1. The average molecular weight is 456 g/mol. The van der Waals surface area contributed by atoms with Gasteiger partial charge in [0, 0.05) is 57.1 Å². The van der Waals surface area contributed by atoms with E-state index in [1.165, 1.54) is 22.4 Å². The van der Waals surface area contributed by atoms with Crippen LogP contribution >= 0.6 is 0 Å². The first-order chi connectivity index (χ1) is 16.8. The van der Waals surface area contributed by atoms with E-state index in [4.69, 9.17) is 4.74 Å². The highest BCUT2D eigenvalue weighted by Gasteiger charge is 2.23. The summed E-state index contributed by atoms with van der Waals surface area (Å²) in [4.78, 5) is 19.7. The van der Waals surface area contributed by atoms with Crippen molar-refractivity contribution in [1.82, 2.24) is 9.80 Å². The quantitative estimate of drug-likeness (QED) is 0.559. The van der Waals surface area contributed by atoms with Crippen molar-refractivity contribution in [2.24, 2.45) is 0 Å². The van der Waals surface area contributed by atoms with Crippen LogP contribution in [0.15, 0.2) is 78.9 Å². The molecule has 0 saturated carbocycles. The first-order valence-corrected chi connectivity index (χ1v) is 12.4. The van der Waals surface area contributed by atoms with E-state index in [0.29, 0.717) is 0 Å². The van der Waals surface area contributed by atoms with Crippen LogP contribution in [0.1, 0.15) is 15.9 Å². The Morgan fingerprint density at radius 1 is 0.765 bits per heavy atom. The zero-order valence-corrected chi connectivity index (χ0v) is 19.7. The number of anilines is 1. The molecule has 176 valence electrons. The molecule has 5 rings (SSSR count). The second-order valence-electron chi connectivity index (χ2n) is 9.06. The Balaban J connectivity index is 1.30. The summed E-state index contributed by atoms with van der Waals surface area (Å²) in [5.74, 6) is 0.128. The molecule has 0 aliphatic carbocycles. The molecule has 5 heteroatoms. The Labute approximate surface area is 202 Å². The number of ether oxygens (including phenoxy) is 1. The Morgan fingerprint density at radius 3 is 2.15 bits per heavy atom. The first kappa shape index (κ1) is 22.6. The van der Waals surface area contributed by atoms with Crippen LogP contribution in [0, 0.1) is 0 Å². The first-order valence-electron chi connectivity index (χ1n) is 12.4. The largest absolute Gasteiger partial charge is 0.379 e. The third kappa shape index (κ3) is 5.32. The van der Waals surface area contributed by atoms with Gasteiger partial charge in [-0.25, -0.2) is 0 Å². The third-order valence-electron chi connectivity index (χ3n) is 6.93. The second kappa shape index (κ2) is 10.9. The van der Waals surface area contributed by atoms with Gasteiger partial charge in [0.05, 0.1) is 13.2 Å². The lowest BCUT2D eigenvalue weighted by Gasteiger charge is -2.36. The van der Waals surface area contributed by atoms with Gasteiger partial charge in [-0.1, -0.05) is 54.6 Å². The van der Waals surface area contributed by atoms with E-state index >= 15 is 0 Å². The van der Waals surface area contributed by atoms with Gasteiger partial charge in [-0.2, -0.15) is 0 Å². The molecule has 0 aromatic heterocycles. The van der Waals surface area contributed by atoms with Crippen molar-refractivity contribution in [3.8, 4) is 11.1 Å². The summed E-state index contributed by atoms with van der Waals surface area (Å²) < 4.78 is 5.50. The van der Waals surface area contributed by atoms with Crippen LogP contribution in [0.5, 0.6) is 0 Å². The monoisotopic (exact) mass is 455 g/mol. The Kier molecular flexibility index (Phi) is 7.22. The van der Waals surface area contributed by atoms with E-state index in [2.05, 4.69) is 58.3 Å². The predicted molar refractivity (Wildman–Crippen MR) is 137 cm³/mol. The van der Waals surface area contributed by atoms with Crippen LogP contribution in [-0.4, -0.2) is 74.7 Å². The van der Waals surface area contributed by atoms with Gasteiger partial charge in [0.2, 0.25) is 0 Å². The number of rotatable bonds is 6. The Morgan fingerprint density at radius 2 is 1.44 bits per heavy atom. The van der Waals surface area contributed by atoms with Gasteiger partial charge < -0.3 is 14.5 Å². The summed E-state index contributed by atoms with van der Waals surface area (Å²) in [6.45, 7) is 7.95. The van der Waals surface area contributed by atoms with Gasteiger partial charge in [-0.05, 0) is 47.4 Å². The summed E-state index contributed by atoms with van der Waals surface area (Å²) in [5.41, 5.74) is 5.97. The predicted octanol–water partition coefficient (Wildman–Crippen LogP) is 4.19. The molecule has 0 N–H and O–H groups in total. The maximum absolute atomic E-state index is 12.8. The number of hydrogen-bond acceptors (Lipinski definition) is 4. The summed E-state index contributed by atoms with van der Waals surface area (Å²) >= 11 is 0. The van der Waals surface area contributed by atoms with Crippen molar-refractivity contribution in [1.29, 1.82) is 0 Å². The van der Waals surface area contributed by atoms with Crippen molar-refractivity contribution in [2.75, 3.05) is 63.9 Å². The number of amides is 1. The number of carbonyl (C=O) groups excluding carboxylic acids is 1. The molecule has 3 aromatic rings. The van der Waals surface area contributed by atoms with Crippen LogP contribution in [0.2, 0.25) is 0 Å². The van der Waals surface area contributed by atoms with E-state index in [0.717, 1.165) is 71.0 Å². The number of hydrogen-bond donors (Lipinski definition) is 0. The molecule has 1 amide bonds. The summed E-state index contributed by atoms with van der Waals surface area (Å²) in [7, 11) is 0. The highest BCUT2D eigenvalue weighted by atomic mass is 16.5. The number of nitrogens with zero attached hydrogens (tertiary/aromatic N) is 3. The minimum absolute atomic E-state index is 0.128. The highest BCUT2D eigenvalue weighted by molar-refractivity contribution is 5.94. The normalized spacial score (nSPS) is 17.1. The van der Waals surface area contributed by atoms with Gasteiger partial charge in [0.1, 0.15) is 0 Å². The van der Waals surface area contributed by atoms with Gasteiger partial charge in [0.25, 0.3) is 5.91 Å². The number of morpholine rings is 1. The van der Waals surface area contributed by atoms with Crippen molar-refractivity contribution in [3.05, 3.63) is 90.0 Å². The Bertz CT molecular complexity index is 1070. The van der Waals surface area contributed by atoms with Crippen molar-refractivity contribution in [3.63, 3.8) is 0 Å². The third-order valence-corrected chi connectivity index (χ3v) is 6.93. The van der Waals surface area contributed by atoms with Crippen LogP contribution in [0.3, 0.4) is 0 Å². The molecule has 0 radical (unpaired) electrons. The average Bonchev–Trinajstić information content (AvgIpc) is 2.93. The second-order valence-corrected chi connectivity index (χ2v) is 9.06. The maximum atomic E-state index is 12.8. The molecular formula is C29H33N3O2. The highest BCUT2D eigenvalue weighted by Crippen LogP contribution is 2.30. The van der Waals surface area contributed by atoms with Gasteiger partial charge in [0.15, 0.2) is 0 Å². The van der Waals surface area contributed by atoms with E-state index in [1.54, 1.807) is 0 Å². The summed E-state index contributed by atoms with van der Waals surface area (Å²) in [6.07, 6.45) is 1.03. The SMILES string of the molecule is O=C(c1ccccc1)N1CCN(c2ccc(CCN3CCOCC3)c(-c3ccccc3)c2)CC1. The molecular weight excluding hydrogens is 422 g/mol. The van der Waals surface area contributed by atoms with E-state index < -0.39 is 0 Å². The summed E-state index contributed by atoms with van der Waals surface area (Å²) in [6, 6.07) is 27.2. The molecule has 2 saturated heterocycles. The lowest BCUT2D eigenvalue weighted by molar-refractivity contribution is 0.0384. The molecule has 0 bridgehead atoms.